The summed E-state index contributed by atoms with van der Waals surface area (Å²) in [5.41, 5.74) is 9.70. The van der Waals surface area contributed by atoms with Crippen LogP contribution in [0.1, 0.15) is 12.4 Å². The number of imidazole rings is 1. The first-order chi connectivity index (χ1) is 9.02. The van der Waals surface area contributed by atoms with E-state index >= 15 is 0 Å². The van der Waals surface area contributed by atoms with Crippen LogP contribution in [0, 0.1) is 6.92 Å². The normalized spacial score (nSPS) is 10.6. The number of halogens is 3. The molecular formula is C11H8BrF2N5. The average molecular weight is 328 g/mol. The number of hydrogen-bond acceptors (Lipinski definition) is 2. The highest BCUT2D eigenvalue weighted by molar-refractivity contribution is 9.10. The zero-order valence-electron chi connectivity index (χ0n) is 9.76. The fourth-order valence-corrected chi connectivity index (χ4v) is 2.01. The van der Waals surface area contributed by atoms with Crippen LogP contribution in [-0.2, 0) is 0 Å². The number of azide groups is 1. The molecule has 1 heterocycles. The van der Waals surface area contributed by atoms with Gasteiger partial charge in [0.15, 0.2) is 0 Å². The van der Waals surface area contributed by atoms with Crippen molar-refractivity contribution < 1.29 is 8.78 Å². The molecule has 5 nitrogen and oxygen atoms in total. The molecular weight excluding hydrogens is 320 g/mol. The molecule has 0 radical (unpaired) electrons. The third-order valence-electron chi connectivity index (χ3n) is 2.52. The van der Waals surface area contributed by atoms with Crippen LogP contribution in [-0.4, -0.2) is 9.55 Å². The Hall–Kier alpha value is -1.92. The molecule has 0 fully saturated rings. The number of aryl methyl sites for hydroxylation is 1. The van der Waals surface area contributed by atoms with Gasteiger partial charge >= 0.3 is 6.55 Å². The van der Waals surface area contributed by atoms with Crippen molar-refractivity contribution in [1.29, 1.82) is 0 Å². The van der Waals surface area contributed by atoms with Crippen LogP contribution >= 0.6 is 15.9 Å². The number of hydrogen-bond donors (Lipinski definition) is 0. The fourth-order valence-electron chi connectivity index (χ4n) is 1.67. The molecule has 0 saturated carbocycles. The maximum atomic E-state index is 12.7. The zero-order chi connectivity index (χ0) is 14.0. The van der Waals surface area contributed by atoms with Gasteiger partial charge in [0.05, 0.1) is 5.69 Å². The monoisotopic (exact) mass is 327 g/mol. The Labute approximate surface area is 115 Å². The van der Waals surface area contributed by atoms with Gasteiger partial charge in [0.25, 0.3) is 0 Å². The molecule has 0 aliphatic carbocycles. The van der Waals surface area contributed by atoms with E-state index in [1.807, 2.05) is 0 Å². The molecule has 0 aliphatic heterocycles. The van der Waals surface area contributed by atoms with Crippen LogP contribution in [0.5, 0.6) is 0 Å². The summed E-state index contributed by atoms with van der Waals surface area (Å²) < 4.78 is 26.9. The topological polar surface area (TPSA) is 66.6 Å². The predicted molar refractivity (Wildman–Crippen MR) is 70.2 cm³/mol. The standard InChI is InChI=1S/C11H8BrF2N5/c1-6-16-10(5-19(6)11(13)14)8-3-2-7(12)4-9(8)17-18-15/h2-5,11H,1H3. The van der Waals surface area contributed by atoms with Gasteiger partial charge in [-0.2, -0.15) is 8.78 Å². The van der Waals surface area contributed by atoms with E-state index in [9.17, 15) is 8.78 Å². The maximum Gasteiger partial charge on any atom is 0.319 e. The van der Waals surface area contributed by atoms with E-state index in [2.05, 4.69) is 30.9 Å². The Kier molecular flexibility index (Phi) is 3.82. The summed E-state index contributed by atoms with van der Waals surface area (Å²) >= 11 is 3.25. The molecule has 0 saturated heterocycles. The van der Waals surface area contributed by atoms with Gasteiger partial charge in [0, 0.05) is 26.8 Å². The van der Waals surface area contributed by atoms with Crippen molar-refractivity contribution in [3.8, 4) is 11.3 Å². The van der Waals surface area contributed by atoms with E-state index in [4.69, 9.17) is 5.53 Å². The van der Waals surface area contributed by atoms with Crippen molar-refractivity contribution in [2.45, 2.75) is 13.5 Å². The van der Waals surface area contributed by atoms with Crippen LogP contribution < -0.4 is 0 Å². The van der Waals surface area contributed by atoms with Crippen molar-refractivity contribution in [1.82, 2.24) is 9.55 Å². The van der Waals surface area contributed by atoms with Gasteiger partial charge < -0.3 is 0 Å². The Balaban J connectivity index is 2.58. The second-order valence-electron chi connectivity index (χ2n) is 3.71. The Morgan fingerprint density at radius 3 is 2.79 bits per heavy atom. The lowest BCUT2D eigenvalue weighted by Gasteiger charge is -2.02. The molecule has 0 aliphatic rings. The molecule has 0 spiro atoms. The van der Waals surface area contributed by atoms with Gasteiger partial charge in [-0.05, 0) is 24.6 Å². The molecule has 0 unspecified atom stereocenters. The second kappa shape index (κ2) is 5.38. The molecule has 2 aromatic rings. The molecule has 0 N–H and O–H groups in total. The Morgan fingerprint density at radius 2 is 2.21 bits per heavy atom. The zero-order valence-corrected chi connectivity index (χ0v) is 11.3. The number of nitrogens with zero attached hydrogens (tertiary/aromatic N) is 5. The molecule has 98 valence electrons. The SMILES string of the molecule is Cc1nc(-c2ccc(Br)cc2N=[N+]=[N-])cn1C(F)F. The molecule has 2 rings (SSSR count). The highest BCUT2D eigenvalue weighted by Gasteiger charge is 2.14. The van der Waals surface area contributed by atoms with Gasteiger partial charge in [0.1, 0.15) is 5.82 Å². The molecule has 1 aromatic carbocycles. The Morgan fingerprint density at radius 1 is 1.47 bits per heavy atom. The summed E-state index contributed by atoms with van der Waals surface area (Å²) in [5, 5.41) is 3.54. The van der Waals surface area contributed by atoms with E-state index in [0.29, 0.717) is 16.9 Å². The van der Waals surface area contributed by atoms with E-state index in [1.54, 1.807) is 18.2 Å². The summed E-state index contributed by atoms with van der Waals surface area (Å²) in [5.74, 6) is 0.194. The van der Waals surface area contributed by atoms with Crippen molar-refractivity contribution in [3.63, 3.8) is 0 Å². The number of aromatic nitrogens is 2. The van der Waals surface area contributed by atoms with Crippen molar-refractivity contribution in [2.24, 2.45) is 5.11 Å². The predicted octanol–water partition coefficient (Wildman–Crippen LogP) is 4.96. The molecule has 0 amide bonds. The minimum Gasteiger partial charge on any atom is -0.277 e. The minimum atomic E-state index is -2.65. The van der Waals surface area contributed by atoms with Crippen molar-refractivity contribution in [3.05, 3.63) is 45.1 Å². The number of rotatable bonds is 3. The molecule has 1 aromatic heterocycles. The van der Waals surface area contributed by atoms with E-state index in [-0.39, 0.29) is 5.82 Å². The van der Waals surface area contributed by atoms with Gasteiger partial charge in [0.2, 0.25) is 0 Å². The summed E-state index contributed by atoms with van der Waals surface area (Å²) in [4.78, 5) is 6.78. The van der Waals surface area contributed by atoms with Gasteiger partial charge in [-0.1, -0.05) is 27.1 Å². The minimum absolute atomic E-state index is 0.194. The summed E-state index contributed by atoms with van der Waals surface area (Å²) in [6, 6.07) is 4.99. The van der Waals surface area contributed by atoms with E-state index in [1.165, 1.54) is 13.1 Å². The maximum absolute atomic E-state index is 12.7. The Bertz CT molecular complexity index is 661. The van der Waals surface area contributed by atoms with E-state index in [0.717, 1.165) is 9.04 Å². The number of benzene rings is 1. The van der Waals surface area contributed by atoms with Crippen molar-refractivity contribution >= 4 is 21.6 Å². The highest BCUT2D eigenvalue weighted by Crippen LogP contribution is 2.33. The summed E-state index contributed by atoms with van der Waals surface area (Å²) in [7, 11) is 0. The van der Waals surface area contributed by atoms with Crippen LogP contribution in [0.3, 0.4) is 0 Å². The first-order valence-electron chi connectivity index (χ1n) is 5.21. The van der Waals surface area contributed by atoms with Crippen LogP contribution in [0.15, 0.2) is 34.0 Å². The third-order valence-corrected chi connectivity index (χ3v) is 3.01. The fraction of sp³-hybridized carbons (Fsp3) is 0.182. The van der Waals surface area contributed by atoms with E-state index < -0.39 is 6.55 Å². The quantitative estimate of drug-likeness (QED) is 0.446. The smallest absolute Gasteiger partial charge is 0.277 e. The third kappa shape index (κ3) is 2.74. The second-order valence-corrected chi connectivity index (χ2v) is 4.62. The summed E-state index contributed by atoms with van der Waals surface area (Å²) in [6.07, 6.45) is 1.24. The van der Waals surface area contributed by atoms with Crippen molar-refractivity contribution in [2.75, 3.05) is 0 Å². The van der Waals surface area contributed by atoms with Crippen LogP contribution in [0.25, 0.3) is 21.7 Å². The largest absolute Gasteiger partial charge is 0.319 e. The van der Waals surface area contributed by atoms with Gasteiger partial charge in [-0.15, -0.1) is 0 Å². The lowest BCUT2D eigenvalue weighted by Crippen LogP contribution is -1.98. The molecule has 0 atom stereocenters. The molecule has 19 heavy (non-hydrogen) atoms. The first kappa shape index (κ1) is 13.5. The van der Waals surface area contributed by atoms with Crippen LogP contribution in [0.2, 0.25) is 0 Å². The molecule has 8 heteroatoms. The number of alkyl halides is 2. The average Bonchev–Trinajstić information content (AvgIpc) is 2.72. The van der Waals surface area contributed by atoms with Gasteiger partial charge in [-0.25, -0.2) is 4.98 Å². The van der Waals surface area contributed by atoms with Crippen LogP contribution in [0.4, 0.5) is 14.5 Å². The first-order valence-corrected chi connectivity index (χ1v) is 6.01. The molecule has 0 bridgehead atoms. The lowest BCUT2D eigenvalue weighted by atomic mass is 10.1. The lowest BCUT2D eigenvalue weighted by molar-refractivity contribution is 0.0680. The van der Waals surface area contributed by atoms with Gasteiger partial charge in [-0.3, -0.25) is 4.57 Å². The highest BCUT2D eigenvalue weighted by atomic mass is 79.9. The summed E-state index contributed by atoms with van der Waals surface area (Å²) in [6.45, 7) is -1.17.